The molecule has 0 heterocycles. The number of carbonyl (C=O) groups is 3. The minimum Gasteiger partial charge on any atom is -0.508 e. The topological polar surface area (TPSA) is 173 Å². The molecule has 3 rings (SSSR count). The Morgan fingerprint density at radius 3 is 1.36 bits per heavy atom. The maximum absolute atomic E-state index is 9.46. The second-order valence-electron chi connectivity index (χ2n) is 6.60. The number of carboxylic acids is 2. The van der Waals surface area contributed by atoms with E-state index in [0.717, 1.165) is 14.5 Å². The summed E-state index contributed by atoms with van der Waals surface area (Å²) in [6.45, 7) is 3.44. The van der Waals surface area contributed by atoms with E-state index in [9.17, 15) is 9.59 Å². The average Bonchev–Trinajstić information content (AvgIpc) is 2.90. The maximum Gasteiger partial charge on any atom is 0.315 e. The molecule has 0 aliphatic rings. The number of aliphatic carboxylic acids is 2. The lowest BCUT2D eigenvalue weighted by Gasteiger charge is -1.93. The molecule has 0 amide bonds. The Labute approximate surface area is 250 Å². The molecule has 3 aromatic carbocycles. The molecule has 0 aliphatic heterocycles. The van der Waals surface area contributed by atoms with E-state index in [1.165, 1.54) is 5.56 Å². The summed E-state index contributed by atoms with van der Waals surface area (Å²) in [5.74, 6) is 1.24. The first-order valence-electron chi connectivity index (χ1n) is 11.0. The molecule has 0 unspecified atom stereocenters. The minimum atomic E-state index is -0.947. The number of aromatic hydroxyl groups is 3. The first-order valence-corrected chi connectivity index (χ1v) is 12.9. The van der Waals surface area contributed by atoms with Crippen molar-refractivity contribution < 1.29 is 45.0 Å². The lowest BCUT2D eigenvalue weighted by molar-refractivity contribution is -0.137. The zero-order valence-electron chi connectivity index (χ0n) is 21.4. The Balaban J connectivity index is -0.000000411. The Morgan fingerprint density at radius 2 is 1.15 bits per heavy atom. The van der Waals surface area contributed by atoms with Gasteiger partial charge < -0.3 is 30.6 Å². The second kappa shape index (κ2) is 27.3. The van der Waals surface area contributed by atoms with E-state index in [4.69, 9.17) is 35.4 Å². The van der Waals surface area contributed by atoms with Crippen LogP contribution >= 0.6 is 38.5 Å². The number of terminal acetylenes is 1. The second-order valence-corrected chi connectivity index (χ2v) is 8.76. The van der Waals surface area contributed by atoms with E-state index in [-0.39, 0.29) is 19.3 Å². The third-order valence-corrected chi connectivity index (χ3v) is 4.80. The van der Waals surface area contributed by atoms with Gasteiger partial charge >= 0.3 is 11.9 Å². The molecule has 0 radical (unpaired) electrons. The van der Waals surface area contributed by atoms with Crippen LogP contribution in [0, 0.1) is 15.9 Å². The Morgan fingerprint density at radius 1 is 0.821 bits per heavy atom. The van der Waals surface area contributed by atoms with Crippen LogP contribution < -0.4 is 0 Å². The molecule has 212 valence electrons. The van der Waals surface area contributed by atoms with Gasteiger partial charge in [-0.2, -0.15) is 0 Å². The largest absolute Gasteiger partial charge is 0.508 e. The van der Waals surface area contributed by atoms with Crippen LogP contribution in [-0.4, -0.2) is 49.0 Å². The van der Waals surface area contributed by atoms with Crippen molar-refractivity contribution in [3.8, 4) is 29.6 Å². The van der Waals surface area contributed by atoms with Crippen molar-refractivity contribution in [2.75, 3.05) is 0 Å². The van der Waals surface area contributed by atoms with E-state index in [0.29, 0.717) is 17.2 Å². The summed E-state index contributed by atoms with van der Waals surface area (Å²) >= 11 is 5.42. The zero-order valence-corrected chi connectivity index (χ0v) is 25.1. The molecule has 0 aromatic heterocycles. The fraction of sp³-hybridized carbons (Fsp3) is 0.179. The molecule has 11 heteroatoms. The summed E-state index contributed by atoms with van der Waals surface area (Å²) in [7, 11) is 0. The van der Waals surface area contributed by atoms with Crippen molar-refractivity contribution in [3.05, 3.63) is 86.4 Å². The van der Waals surface area contributed by atoms with E-state index in [1.54, 1.807) is 55.5 Å². The van der Waals surface area contributed by atoms with Crippen LogP contribution in [0.5, 0.6) is 17.2 Å². The number of hydrogen-bond donors (Lipinski definition) is 6. The predicted molar refractivity (Wildman–Crippen MR) is 162 cm³/mol. The molecular formula is C28H32BrIO9. The highest BCUT2D eigenvalue weighted by molar-refractivity contribution is 14.1. The number of phenolic OH excluding ortho intramolecular Hbond substituents is 3. The van der Waals surface area contributed by atoms with Gasteiger partial charge in [0.25, 0.3) is 6.47 Å². The van der Waals surface area contributed by atoms with Crippen molar-refractivity contribution in [2.45, 2.75) is 33.1 Å². The van der Waals surface area contributed by atoms with Crippen molar-refractivity contribution in [1.82, 2.24) is 0 Å². The van der Waals surface area contributed by atoms with Gasteiger partial charge in [0.1, 0.15) is 23.7 Å². The highest BCUT2D eigenvalue weighted by atomic mass is 127. The lowest BCUT2D eigenvalue weighted by Crippen LogP contribution is -1.88. The molecule has 0 saturated carbocycles. The van der Waals surface area contributed by atoms with Crippen LogP contribution in [0.3, 0.4) is 0 Å². The van der Waals surface area contributed by atoms with Gasteiger partial charge in [-0.1, -0.05) is 47.8 Å². The smallest absolute Gasteiger partial charge is 0.315 e. The molecule has 6 N–H and O–H groups in total. The highest BCUT2D eigenvalue weighted by Crippen LogP contribution is 2.13. The predicted octanol–water partition coefficient (Wildman–Crippen LogP) is 6.38. The molecular weight excluding hydrogens is 687 g/mol. The summed E-state index contributed by atoms with van der Waals surface area (Å²) in [5, 5.41) is 48.7. The van der Waals surface area contributed by atoms with Crippen LogP contribution in [0.4, 0.5) is 0 Å². The van der Waals surface area contributed by atoms with Crippen molar-refractivity contribution in [1.29, 1.82) is 0 Å². The summed E-state index contributed by atoms with van der Waals surface area (Å²) < 4.78 is 2.12. The van der Waals surface area contributed by atoms with Crippen LogP contribution in [0.25, 0.3) is 0 Å². The number of phenols is 3. The highest BCUT2D eigenvalue weighted by Gasteiger charge is 1.87. The number of benzene rings is 3. The molecule has 0 atom stereocenters. The monoisotopic (exact) mass is 718 g/mol. The quantitative estimate of drug-likeness (QED) is 0.102. The van der Waals surface area contributed by atoms with Gasteiger partial charge in [-0.15, -0.1) is 6.42 Å². The molecule has 3 aromatic rings. The summed E-state index contributed by atoms with van der Waals surface area (Å²) in [6.07, 6.45) is 5.67. The molecule has 0 saturated heterocycles. The lowest BCUT2D eigenvalue weighted by atomic mass is 10.2. The summed E-state index contributed by atoms with van der Waals surface area (Å²) in [4.78, 5) is 27.2. The third kappa shape index (κ3) is 32.2. The molecule has 39 heavy (non-hydrogen) atoms. The Bertz CT molecular complexity index is 995. The van der Waals surface area contributed by atoms with Crippen LogP contribution in [0.2, 0.25) is 0 Å². The van der Waals surface area contributed by atoms with E-state index in [1.807, 2.05) is 30.2 Å². The van der Waals surface area contributed by atoms with Gasteiger partial charge in [0.15, 0.2) is 0 Å². The number of halogens is 2. The van der Waals surface area contributed by atoms with Gasteiger partial charge in [0, 0.05) is 14.5 Å². The van der Waals surface area contributed by atoms with Gasteiger partial charge in [-0.05, 0) is 95.2 Å². The number of carboxylic acid groups (broad SMARTS) is 3. The number of rotatable bonds is 3. The number of aryl methyl sites for hydroxylation is 1. The van der Waals surface area contributed by atoms with Crippen LogP contribution in [0.15, 0.2) is 77.3 Å². The van der Waals surface area contributed by atoms with Gasteiger partial charge in [0.05, 0.1) is 0 Å². The van der Waals surface area contributed by atoms with Crippen molar-refractivity contribution >= 4 is 56.9 Å². The maximum atomic E-state index is 9.46. The first-order chi connectivity index (χ1) is 18.4. The van der Waals surface area contributed by atoms with E-state index >= 15 is 0 Å². The summed E-state index contributed by atoms with van der Waals surface area (Å²) in [6, 6.07) is 21.1. The Hall–Kier alpha value is -3.76. The molecule has 0 fully saturated rings. The molecule has 0 bridgehead atoms. The van der Waals surface area contributed by atoms with Crippen LogP contribution in [-0.2, 0) is 20.8 Å². The van der Waals surface area contributed by atoms with E-state index < -0.39 is 11.9 Å². The SMILES string of the molecule is C#CCC(=O)O.CCC(=O)O.CCc1ccc(O)cc1.O=CO.Oc1ccc(Br)cc1.Oc1ccc(I)cc1. The van der Waals surface area contributed by atoms with E-state index in [2.05, 4.69) is 51.9 Å². The van der Waals surface area contributed by atoms with Gasteiger partial charge in [-0.25, -0.2) is 0 Å². The van der Waals surface area contributed by atoms with Crippen molar-refractivity contribution in [2.24, 2.45) is 0 Å². The fourth-order valence-corrected chi connectivity index (χ4v) is 2.33. The zero-order chi connectivity index (χ0) is 30.6. The van der Waals surface area contributed by atoms with Crippen molar-refractivity contribution in [3.63, 3.8) is 0 Å². The minimum absolute atomic E-state index is 0.181. The molecule has 0 spiro atoms. The summed E-state index contributed by atoms with van der Waals surface area (Å²) in [5.41, 5.74) is 1.26. The molecule has 0 aliphatic carbocycles. The van der Waals surface area contributed by atoms with Gasteiger partial charge in [0.2, 0.25) is 0 Å². The normalized spacial score (nSPS) is 8.18. The standard InChI is InChI=1S/C8H10O.C6H5BrO.C6H5IO.C4H4O2.C3H6O2.CH2O2/c1-2-7-3-5-8(9)6-4-7;2*7-5-1-3-6(8)4-2-5;1-2-3-4(5)6;1-2-3(4)5;2-1-3/h3-6,9H,2H2,1H3;2*1-4,8H;1H,3H2,(H,5,6);2H2,1H3,(H,4,5);1H,(H,2,3). The Kier molecular flexibility index (Phi) is 27.8. The van der Waals surface area contributed by atoms with Gasteiger partial charge in [-0.3, -0.25) is 14.4 Å². The fourth-order valence-electron chi connectivity index (χ4n) is 1.70. The first kappa shape index (κ1) is 39.7. The number of hydrogen-bond acceptors (Lipinski definition) is 6. The average molecular weight is 719 g/mol. The third-order valence-electron chi connectivity index (χ3n) is 3.55. The molecule has 9 nitrogen and oxygen atoms in total. The van der Waals surface area contributed by atoms with Crippen LogP contribution in [0.1, 0.15) is 32.3 Å².